The smallest absolute Gasteiger partial charge is 0.126 e. The first kappa shape index (κ1) is 9.66. The largest absolute Gasteiger partial charge is 0.355 e. The van der Waals surface area contributed by atoms with Gasteiger partial charge >= 0.3 is 0 Å². The molecule has 0 saturated carbocycles. The number of rotatable bonds is 1. The lowest BCUT2D eigenvalue weighted by Crippen LogP contribution is -2.31. The molecule has 0 bridgehead atoms. The van der Waals surface area contributed by atoms with E-state index < -0.39 is 0 Å². The summed E-state index contributed by atoms with van der Waals surface area (Å²) in [5.74, 6) is 0.609. The molecule has 2 nitrogen and oxygen atoms in total. The molecule has 0 amide bonds. The van der Waals surface area contributed by atoms with E-state index >= 15 is 0 Å². The van der Waals surface area contributed by atoms with E-state index in [1.54, 1.807) is 0 Å². The van der Waals surface area contributed by atoms with Crippen molar-refractivity contribution in [3.8, 4) is 0 Å². The molecule has 2 rings (SSSR count). The van der Waals surface area contributed by atoms with Crippen molar-refractivity contribution >= 4 is 11.6 Å². The third kappa shape index (κ3) is 1.67. The zero-order valence-corrected chi connectivity index (χ0v) is 9.28. The predicted molar refractivity (Wildman–Crippen MR) is 59.4 cm³/mol. The van der Waals surface area contributed by atoms with E-state index in [-0.39, 0.29) is 0 Å². The fourth-order valence-electron chi connectivity index (χ4n) is 1.74. The lowest BCUT2D eigenvalue weighted by molar-refractivity contribution is 0.677. The highest BCUT2D eigenvalue weighted by molar-refractivity contribution is 6.29. The topological polar surface area (TPSA) is 24.1 Å². The molecule has 1 aliphatic carbocycles. The molecule has 0 aromatic rings. The number of allylic oxidation sites excluding steroid dienone is 3. The predicted octanol–water partition coefficient (Wildman–Crippen LogP) is 2.80. The van der Waals surface area contributed by atoms with Crippen LogP contribution in [0.3, 0.4) is 0 Å². The third-order valence-electron chi connectivity index (χ3n) is 2.58. The van der Waals surface area contributed by atoms with E-state index in [1.807, 2.05) is 0 Å². The number of hydrogen-bond donors (Lipinski definition) is 2. The van der Waals surface area contributed by atoms with E-state index in [0.717, 1.165) is 29.4 Å². The van der Waals surface area contributed by atoms with Crippen LogP contribution in [0, 0.1) is 5.92 Å². The zero-order valence-electron chi connectivity index (χ0n) is 8.52. The average molecular weight is 211 g/mol. The molecule has 0 aromatic heterocycles. The highest BCUT2D eigenvalue weighted by atomic mass is 35.5. The van der Waals surface area contributed by atoms with E-state index in [4.69, 9.17) is 11.6 Å². The molecule has 1 heterocycles. The first-order chi connectivity index (χ1) is 6.70. The van der Waals surface area contributed by atoms with Gasteiger partial charge in [0.15, 0.2) is 0 Å². The van der Waals surface area contributed by atoms with Crippen molar-refractivity contribution in [1.82, 2.24) is 10.6 Å². The SMILES string of the molecule is CCC1=C(Cl)NC2=CCC(C)C=C2N1. The Bertz CT molecular complexity index is 339. The van der Waals surface area contributed by atoms with Gasteiger partial charge in [0.05, 0.1) is 17.1 Å². The molecule has 0 spiro atoms. The summed E-state index contributed by atoms with van der Waals surface area (Å²) in [5.41, 5.74) is 3.36. The summed E-state index contributed by atoms with van der Waals surface area (Å²) in [7, 11) is 0. The average Bonchev–Trinajstić information content (AvgIpc) is 2.17. The number of halogens is 1. The Balaban J connectivity index is 2.29. The number of nitrogens with one attached hydrogen (secondary N) is 2. The molecule has 14 heavy (non-hydrogen) atoms. The Labute approximate surface area is 89.7 Å². The summed E-state index contributed by atoms with van der Waals surface area (Å²) >= 11 is 6.08. The van der Waals surface area contributed by atoms with Crippen molar-refractivity contribution in [2.75, 3.05) is 0 Å². The normalized spacial score (nSPS) is 25.8. The fraction of sp³-hybridized carbons (Fsp3) is 0.455. The first-order valence-electron chi connectivity index (χ1n) is 5.05. The Morgan fingerprint density at radius 2 is 2.21 bits per heavy atom. The lowest BCUT2D eigenvalue weighted by atomic mass is 9.98. The molecule has 0 aromatic carbocycles. The van der Waals surface area contributed by atoms with Gasteiger partial charge in [-0.2, -0.15) is 0 Å². The maximum atomic E-state index is 6.08. The summed E-state index contributed by atoms with van der Waals surface area (Å²) in [6, 6.07) is 0. The van der Waals surface area contributed by atoms with Gasteiger partial charge in [-0.1, -0.05) is 37.6 Å². The Morgan fingerprint density at radius 1 is 1.43 bits per heavy atom. The van der Waals surface area contributed by atoms with Crippen LogP contribution in [0.2, 0.25) is 0 Å². The van der Waals surface area contributed by atoms with Gasteiger partial charge in [-0.3, -0.25) is 0 Å². The maximum Gasteiger partial charge on any atom is 0.126 e. The van der Waals surface area contributed by atoms with Crippen molar-refractivity contribution in [2.24, 2.45) is 5.92 Å². The molecule has 1 atom stereocenters. The Kier molecular flexibility index (Phi) is 2.55. The molecule has 2 aliphatic rings. The van der Waals surface area contributed by atoms with Crippen molar-refractivity contribution in [1.29, 1.82) is 0 Å². The summed E-state index contributed by atoms with van der Waals surface area (Å²) in [4.78, 5) is 0. The molecular weight excluding hydrogens is 196 g/mol. The molecular formula is C11H15ClN2. The minimum atomic E-state index is 0.609. The zero-order chi connectivity index (χ0) is 10.1. The third-order valence-corrected chi connectivity index (χ3v) is 2.91. The van der Waals surface area contributed by atoms with E-state index in [2.05, 4.69) is 36.6 Å². The quantitative estimate of drug-likeness (QED) is 0.651. The van der Waals surface area contributed by atoms with Gasteiger partial charge in [0.25, 0.3) is 0 Å². The number of hydrogen-bond acceptors (Lipinski definition) is 2. The molecule has 76 valence electrons. The summed E-state index contributed by atoms with van der Waals surface area (Å²) in [5, 5.41) is 7.31. The second kappa shape index (κ2) is 3.70. The van der Waals surface area contributed by atoms with Crippen molar-refractivity contribution in [3.05, 3.63) is 34.4 Å². The highest BCUT2D eigenvalue weighted by Crippen LogP contribution is 2.26. The van der Waals surface area contributed by atoms with Crippen LogP contribution in [0.15, 0.2) is 34.4 Å². The minimum absolute atomic E-state index is 0.609. The van der Waals surface area contributed by atoms with E-state index in [1.165, 1.54) is 5.70 Å². The first-order valence-corrected chi connectivity index (χ1v) is 5.43. The standard InChI is InChI=1S/C11H15ClN2/c1-3-8-11(12)14-9-5-4-7(2)6-10(9)13-8/h5-7,13-14H,3-4H2,1-2H3. The maximum absolute atomic E-state index is 6.08. The van der Waals surface area contributed by atoms with Gasteiger partial charge in [-0.15, -0.1) is 0 Å². The molecule has 0 saturated heterocycles. The van der Waals surface area contributed by atoms with Gasteiger partial charge in [0.2, 0.25) is 0 Å². The second-order valence-corrected chi connectivity index (χ2v) is 4.19. The Morgan fingerprint density at radius 3 is 2.93 bits per heavy atom. The van der Waals surface area contributed by atoms with Gasteiger partial charge in [-0.05, 0) is 18.8 Å². The molecule has 0 fully saturated rings. The molecule has 1 aliphatic heterocycles. The van der Waals surface area contributed by atoms with Crippen LogP contribution in [0.25, 0.3) is 0 Å². The van der Waals surface area contributed by atoms with E-state index in [0.29, 0.717) is 5.92 Å². The summed E-state index contributed by atoms with van der Waals surface area (Å²) in [6.45, 7) is 4.31. The number of fused-ring (bicyclic) bond motifs is 1. The van der Waals surface area contributed by atoms with Crippen molar-refractivity contribution in [3.63, 3.8) is 0 Å². The van der Waals surface area contributed by atoms with Crippen LogP contribution < -0.4 is 10.6 Å². The van der Waals surface area contributed by atoms with Gasteiger partial charge < -0.3 is 10.6 Å². The van der Waals surface area contributed by atoms with Crippen LogP contribution in [-0.4, -0.2) is 0 Å². The molecule has 0 radical (unpaired) electrons. The molecule has 2 N–H and O–H groups in total. The van der Waals surface area contributed by atoms with Gasteiger partial charge in [-0.25, -0.2) is 0 Å². The van der Waals surface area contributed by atoms with Gasteiger partial charge in [0.1, 0.15) is 5.16 Å². The summed E-state index contributed by atoms with van der Waals surface area (Å²) < 4.78 is 0. The minimum Gasteiger partial charge on any atom is -0.355 e. The van der Waals surface area contributed by atoms with Crippen LogP contribution in [0.1, 0.15) is 26.7 Å². The van der Waals surface area contributed by atoms with Crippen molar-refractivity contribution in [2.45, 2.75) is 26.7 Å². The monoisotopic (exact) mass is 210 g/mol. The lowest BCUT2D eigenvalue weighted by Gasteiger charge is -2.28. The van der Waals surface area contributed by atoms with Crippen LogP contribution in [0.5, 0.6) is 0 Å². The fourth-order valence-corrected chi connectivity index (χ4v) is 2.02. The van der Waals surface area contributed by atoms with Gasteiger partial charge in [0, 0.05) is 0 Å². The van der Waals surface area contributed by atoms with Crippen LogP contribution >= 0.6 is 11.6 Å². The van der Waals surface area contributed by atoms with Crippen LogP contribution in [-0.2, 0) is 0 Å². The highest BCUT2D eigenvalue weighted by Gasteiger charge is 2.19. The van der Waals surface area contributed by atoms with E-state index in [9.17, 15) is 0 Å². The molecule has 1 unspecified atom stereocenters. The van der Waals surface area contributed by atoms with Crippen molar-refractivity contribution < 1.29 is 0 Å². The van der Waals surface area contributed by atoms with Crippen LogP contribution in [0.4, 0.5) is 0 Å². The summed E-state index contributed by atoms with van der Waals surface area (Å²) in [6.07, 6.45) is 6.45. The second-order valence-electron chi connectivity index (χ2n) is 3.81. The molecule has 3 heteroatoms. The Hall–Kier alpha value is -0.890.